The van der Waals surface area contributed by atoms with E-state index in [0.717, 1.165) is 29.0 Å². The highest BCUT2D eigenvalue weighted by Crippen LogP contribution is 2.30. The van der Waals surface area contributed by atoms with Gasteiger partial charge < -0.3 is 14.6 Å². The van der Waals surface area contributed by atoms with Crippen LogP contribution in [0.25, 0.3) is 0 Å². The van der Waals surface area contributed by atoms with E-state index in [-0.39, 0.29) is 6.10 Å². The van der Waals surface area contributed by atoms with Gasteiger partial charge in [0.25, 0.3) is 0 Å². The quantitative estimate of drug-likeness (QED) is 0.930. The molecule has 1 aliphatic heterocycles. The molecule has 1 atom stereocenters. The molecule has 2 heterocycles. The molecule has 1 unspecified atom stereocenters. The minimum atomic E-state index is 0.192. The standard InChI is InChI=1S/C13H15BrN4O/c1-18-8-16-17-13(18)7-15-6-11-5-9-4-10(14)2-3-12(9)19-11/h2-4,8,11,15H,5-7H2,1H3. The van der Waals surface area contributed by atoms with Crippen LogP contribution in [0.2, 0.25) is 0 Å². The number of aryl methyl sites for hydroxylation is 1. The molecule has 19 heavy (non-hydrogen) atoms. The zero-order valence-electron chi connectivity index (χ0n) is 10.6. The van der Waals surface area contributed by atoms with Gasteiger partial charge in [0.05, 0.1) is 6.54 Å². The van der Waals surface area contributed by atoms with Gasteiger partial charge in [0.15, 0.2) is 0 Å². The zero-order valence-corrected chi connectivity index (χ0v) is 12.2. The van der Waals surface area contributed by atoms with Crippen LogP contribution < -0.4 is 10.1 Å². The van der Waals surface area contributed by atoms with Gasteiger partial charge in [-0.15, -0.1) is 10.2 Å². The monoisotopic (exact) mass is 322 g/mol. The molecule has 0 radical (unpaired) electrons. The minimum absolute atomic E-state index is 0.192. The maximum atomic E-state index is 5.89. The molecule has 2 aromatic rings. The van der Waals surface area contributed by atoms with Crippen molar-refractivity contribution in [2.75, 3.05) is 6.54 Å². The van der Waals surface area contributed by atoms with E-state index >= 15 is 0 Å². The Morgan fingerprint density at radius 3 is 3.21 bits per heavy atom. The van der Waals surface area contributed by atoms with Crippen molar-refractivity contribution in [3.63, 3.8) is 0 Å². The van der Waals surface area contributed by atoms with Crippen LogP contribution in [-0.4, -0.2) is 27.4 Å². The molecule has 3 rings (SSSR count). The molecule has 1 aromatic carbocycles. The van der Waals surface area contributed by atoms with E-state index in [1.165, 1.54) is 5.56 Å². The molecule has 1 N–H and O–H groups in total. The SMILES string of the molecule is Cn1cnnc1CNCC1Cc2cc(Br)ccc2O1. The summed E-state index contributed by atoms with van der Waals surface area (Å²) >= 11 is 3.48. The first kappa shape index (κ1) is 12.6. The van der Waals surface area contributed by atoms with Crippen LogP contribution in [0.5, 0.6) is 5.75 Å². The van der Waals surface area contributed by atoms with E-state index in [1.54, 1.807) is 6.33 Å². The fraction of sp³-hybridized carbons (Fsp3) is 0.385. The van der Waals surface area contributed by atoms with Crippen LogP contribution in [0.3, 0.4) is 0 Å². The second kappa shape index (κ2) is 5.30. The Balaban J connectivity index is 1.52. The lowest BCUT2D eigenvalue weighted by Crippen LogP contribution is -2.30. The number of nitrogens with zero attached hydrogens (tertiary/aromatic N) is 3. The van der Waals surface area contributed by atoms with E-state index < -0.39 is 0 Å². The largest absolute Gasteiger partial charge is 0.488 e. The summed E-state index contributed by atoms with van der Waals surface area (Å²) in [5, 5.41) is 11.2. The van der Waals surface area contributed by atoms with Crippen LogP contribution in [0.4, 0.5) is 0 Å². The van der Waals surface area contributed by atoms with Gasteiger partial charge in [-0.2, -0.15) is 0 Å². The number of hydrogen-bond donors (Lipinski definition) is 1. The molecule has 0 spiro atoms. The summed E-state index contributed by atoms with van der Waals surface area (Å²) < 4.78 is 8.90. The van der Waals surface area contributed by atoms with Crippen molar-refractivity contribution in [3.05, 3.63) is 40.4 Å². The lowest BCUT2D eigenvalue weighted by molar-refractivity contribution is 0.226. The predicted molar refractivity (Wildman–Crippen MR) is 75.0 cm³/mol. The Bertz CT molecular complexity index is 584. The second-order valence-corrected chi connectivity index (χ2v) is 5.60. The Labute approximate surface area is 120 Å². The molecule has 0 saturated heterocycles. The fourth-order valence-electron chi connectivity index (χ4n) is 2.21. The van der Waals surface area contributed by atoms with Crippen molar-refractivity contribution < 1.29 is 4.74 Å². The van der Waals surface area contributed by atoms with Crippen molar-refractivity contribution in [3.8, 4) is 5.75 Å². The van der Waals surface area contributed by atoms with Crippen LogP contribution >= 0.6 is 15.9 Å². The normalized spacial score (nSPS) is 17.3. The van der Waals surface area contributed by atoms with Gasteiger partial charge >= 0.3 is 0 Å². The first-order valence-corrected chi connectivity index (χ1v) is 7.00. The zero-order chi connectivity index (χ0) is 13.2. The van der Waals surface area contributed by atoms with Gasteiger partial charge in [0.2, 0.25) is 0 Å². The number of fused-ring (bicyclic) bond motifs is 1. The highest BCUT2D eigenvalue weighted by Gasteiger charge is 2.22. The van der Waals surface area contributed by atoms with Crippen molar-refractivity contribution in [1.29, 1.82) is 0 Å². The molecule has 6 heteroatoms. The predicted octanol–water partition coefficient (Wildman–Crippen LogP) is 1.67. The molecule has 1 aromatic heterocycles. The van der Waals surface area contributed by atoms with E-state index in [1.807, 2.05) is 23.7 Å². The Hall–Kier alpha value is -1.40. The number of halogens is 1. The van der Waals surface area contributed by atoms with Gasteiger partial charge in [0.1, 0.15) is 24.0 Å². The fourth-order valence-corrected chi connectivity index (χ4v) is 2.62. The summed E-state index contributed by atoms with van der Waals surface area (Å²) in [6.07, 6.45) is 2.84. The van der Waals surface area contributed by atoms with Gasteiger partial charge in [-0.05, 0) is 23.8 Å². The van der Waals surface area contributed by atoms with E-state index in [2.05, 4.69) is 37.5 Å². The number of benzene rings is 1. The molecule has 100 valence electrons. The third-order valence-corrected chi connectivity index (χ3v) is 3.72. The molecule has 1 aliphatic rings. The molecule has 5 nitrogen and oxygen atoms in total. The minimum Gasteiger partial charge on any atom is -0.488 e. The second-order valence-electron chi connectivity index (χ2n) is 4.69. The molecular weight excluding hydrogens is 308 g/mol. The Kier molecular flexibility index (Phi) is 3.52. The van der Waals surface area contributed by atoms with E-state index in [4.69, 9.17) is 4.74 Å². The Morgan fingerprint density at radius 1 is 1.53 bits per heavy atom. The summed E-state index contributed by atoms with van der Waals surface area (Å²) in [5.74, 6) is 1.92. The topological polar surface area (TPSA) is 52.0 Å². The number of hydrogen-bond acceptors (Lipinski definition) is 4. The third-order valence-electron chi connectivity index (χ3n) is 3.22. The van der Waals surface area contributed by atoms with Gasteiger partial charge in [-0.3, -0.25) is 0 Å². The summed E-state index contributed by atoms with van der Waals surface area (Å²) in [6.45, 7) is 1.51. The number of ether oxygens (including phenoxy) is 1. The van der Waals surface area contributed by atoms with Crippen molar-refractivity contribution in [1.82, 2.24) is 20.1 Å². The summed E-state index contributed by atoms with van der Waals surface area (Å²) in [4.78, 5) is 0. The van der Waals surface area contributed by atoms with Gasteiger partial charge in [0, 0.05) is 24.5 Å². The average Bonchev–Trinajstić information content (AvgIpc) is 2.95. The highest BCUT2D eigenvalue weighted by molar-refractivity contribution is 9.10. The first-order chi connectivity index (χ1) is 9.22. The number of aromatic nitrogens is 3. The molecule has 0 saturated carbocycles. The van der Waals surface area contributed by atoms with E-state index in [9.17, 15) is 0 Å². The first-order valence-electron chi connectivity index (χ1n) is 6.21. The van der Waals surface area contributed by atoms with Gasteiger partial charge in [-0.1, -0.05) is 15.9 Å². The summed E-state index contributed by atoms with van der Waals surface area (Å²) in [7, 11) is 1.94. The highest BCUT2D eigenvalue weighted by atomic mass is 79.9. The number of rotatable bonds is 4. The number of nitrogens with one attached hydrogen (secondary N) is 1. The smallest absolute Gasteiger partial charge is 0.146 e. The molecule has 0 bridgehead atoms. The molecule has 0 amide bonds. The maximum Gasteiger partial charge on any atom is 0.146 e. The van der Waals surface area contributed by atoms with E-state index in [0.29, 0.717) is 6.54 Å². The Morgan fingerprint density at radius 2 is 2.42 bits per heavy atom. The van der Waals surface area contributed by atoms with Crippen molar-refractivity contribution >= 4 is 15.9 Å². The average molecular weight is 323 g/mol. The third kappa shape index (κ3) is 2.79. The molecule has 0 fully saturated rings. The van der Waals surface area contributed by atoms with Crippen LogP contribution in [-0.2, 0) is 20.0 Å². The van der Waals surface area contributed by atoms with Crippen molar-refractivity contribution in [2.24, 2.45) is 7.05 Å². The molecular formula is C13H15BrN4O. The van der Waals surface area contributed by atoms with Gasteiger partial charge in [-0.25, -0.2) is 0 Å². The van der Waals surface area contributed by atoms with Crippen molar-refractivity contribution in [2.45, 2.75) is 19.1 Å². The van der Waals surface area contributed by atoms with Crippen LogP contribution in [0, 0.1) is 0 Å². The maximum absolute atomic E-state index is 5.89. The lowest BCUT2D eigenvalue weighted by atomic mass is 10.1. The van der Waals surface area contributed by atoms with Crippen LogP contribution in [0.15, 0.2) is 29.0 Å². The lowest BCUT2D eigenvalue weighted by Gasteiger charge is -2.11. The molecule has 0 aliphatic carbocycles. The van der Waals surface area contributed by atoms with Crippen LogP contribution in [0.1, 0.15) is 11.4 Å². The summed E-state index contributed by atoms with van der Waals surface area (Å²) in [5.41, 5.74) is 1.26. The summed E-state index contributed by atoms with van der Waals surface area (Å²) in [6, 6.07) is 6.15.